The molecule has 0 aromatic carbocycles. The molecule has 0 aromatic rings. The van der Waals surface area contributed by atoms with Crippen LogP contribution in [0.2, 0.25) is 0 Å². The summed E-state index contributed by atoms with van der Waals surface area (Å²) in [5.74, 6) is 1.60. The van der Waals surface area contributed by atoms with E-state index in [9.17, 15) is 0 Å². The molecule has 2 nitrogen and oxygen atoms in total. The molecule has 0 bridgehead atoms. The largest absolute Gasteiger partial charge is 0.369 e. The first-order chi connectivity index (χ1) is 8.21. The summed E-state index contributed by atoms with van der Waals surface area (Å²) < 4.78 is 12.1. The summed E-state index contributed by atoms with van der Waals surface area (Å²) in [4.78, 5) is 0. The maximum absolute atomic E-state index is 6.18. The van der Waals surface area contributed by atoms with Crippen molar-refractivity contribution in [2.75, 3.05) is 13.2 Å². The highest BCUT2D eigenvalue weighted by Crippen LogP contribution is 2.59. The van der Waals surface area contributed by atoms with E-state index in [0.717, 1.165) is 25.0 Å². The SMILES string of the molecule is CC1CCCC2CC3OCC4=C3C(OC4)C12C. The first-order valence-electron chi connectivity index (χ1n) is 7.16. The molecule has 4 aliphatic rings. The van der Waals surface area contributed by atoms with E-state index in [-0.39, 0.29) is 0 Å². The summed E-state index contributed by atoms with van der Waals surface area (Å²) in [6.07, 6.45) is 6.18. The average molecular weight is 234 g/mol. The number of ether oxygens (including phenoxy) is 2. The molecule has 0 aromatic heterocycles. The fourth-order valence-corrected chi connectivity index (χ4v) is 4.86. The number of hydrogen-bond donors (Lipinski definition) is 0. The maximum atomic E-state index is 6.18. The molecule has 94 valence electrons. The van der Waals surface area contributed by atoms with Crippen LogP contribution < -0.4 is 0 Å². The van der Waals surface area contributed by atoms with E-state index < -0.39 is 0 Å². The minimum absolute atomic E-state index is 0.374. The fourth-order valence-electron chi connectivity index (χ4n) is 4.86. The molecular formula is C15H22O2. The van der Waals surface area contributed by atoms with Gasteiger partial charge < -0.3 is 9.47 Å². The maximum Gasteiger partial charge on any atom is 0.0877 e. The molecule has 2 fully saturated rings. The van der Waals surface area contributed by atoms with Crippen molar-refractivity contribution in [3.63, 3.8) is 0 Å². The van der Waals surface area contributed by atoms with E-state index in [2.05, 4.69) is 13.8 Å². The van der Waals surface area contributed by atoms with Crippen molar-refractivity contribution in [2.24, 2.45) is 17.3 Å². The van der Waals surface area contributed by atoms with Crippen LogP contribution in [0.25, 0.3) is 0 Å². The Morgan fingerprint density at radius 1 is 1.18 bits per heavy atom. The average Bonchev–Trinajstić information content (AvgIpc) is 2.88. The molecule has 0 N–H and O–H groups in total. The topological polar surface area (TPSA) is 18.5 Å². The van der Waals surface area contributed by atoms with Crippen molar-refractivity contribution in [3.8, 4) is 0 Å². The molecule has 0 amide bonds. The van der Waals surface area contributed by atoms with Gasteiger partial charge in [-0.2, -0.15) is 0 Å². The minimum Gasteiger partial charge on any atom is -0.369 e. The summed E-state index contributed by atoms with van der Waals surface area (Å²) in [5.41, 5.74) is 3.40. The Kier molecular flexibility index (Phi) is 2.09. The van der Waals surface area contributed by atoms with Gasteiger partial charge in [-0.3, -0.25) is 0 Å². The van der Waals surface area contributed by atoms with Gasteiger partial charge in [0.05, 0.1) is 25.4 Å². The van der Waals surface area contributed by atoms with Gasteiger partial charge in [-0.05, 0) is 35.8 Å². The second-order valence-corrected chi connectivity index (χ2v) is 6.68. The van der Waals surface area contributed by atoms with Crippen molar-refractivity contribution in [3.05, 3.63) is 11.1 Å². The van der Waals surface area contributed by atoms with E-state index in [0.29, 0.717) is 17.6 Å². The number of hydrogen-bond acceptors (Lipinski definition) is 2. The molecule has 2 aliphatic heterocycles. The lowest BCUT2D eigenvalue weighted by atomic mass is 9.53. The normalized spacial score (nSPS) is 52.6. The standard InChI is InChI=1S/C15H22O2/c1-9-4-3-5-11-6-12-13-10(7-16-12)8-17-14(13)15(9,11)2/h9,11-12,14H,3-8H2,1-2H3. The summed E-state index contributed by atoms with van der Waals surface area (Å²) in [5, 5.41) is 0. The van der Waals surface area contributed by atoms with Gasteiger partial charge in [0.1, 0.15) is 0 Å². The van der Waals surface area contributed by atoms with E-state index in [4.69, 9.17) is 9.47 Å². The fraction of sp³-hybridized carbons (Fsp3) is 0.867. The van der Waals surface area contributed by atoms with Gasteiger partial charge in [0.15, 0.2) is 0 Å². The second-order valence-electron chi connectivity index (χ2n) is 6.68. The van der Waals surface area contributed by atoms with Crippen LogP contribution >= 0.6 is 0 Å². The highest BCUT2D eigenvalue weighted by atomic mass is 16.5. The summed E-state index contributed by atoms with van der Waals surface area (Å²) in [6.45, 7) is 6.60. The molecule has 2 heteroatoms. The van der Waals surface area contributed by atoms with E-state index in [1.54, 1.807) is 5.57 Å². The van der Waals surface area contributed by atoms with Gasteiger partial charge in [0.25, 0.3) is 0 Å². The molecule has 2 heterocycles. The lowest BCUT2D eigenvalue weighted by Crippen LogP contribution is -2.53. The van der Waals surface area contributed by atoms with Crippen LogP contribution in [0.1, 0.15) is 39.5 Å². The zero-order chi connectivity index (χ0) is 11.6. The Hall–Kier alpha value is -0.340. The van der Waals surface area contributed by atoms with E-state index >= 15 is 0 Å². The first kappa shape index (κ1) is 10.6. The third-order valence-electron chi connectivity index (χ3n) is 6.12. The van der Waals surface area contributed by atoms with Gasteiger partial charge in [0, 0.05) is 5.41 Å². The van der Waals surface area contributed by atoms with Crippen molar-refractivity contribution in [1.82, 2.24) is 0 Å². The smallest absolute Gasteiger partial charge is 0.0877 e. The van der Waals surface area contributed by atoms with Crippen LogP contribution in [-0.2, 0) is 9.47 Å². The molecule has 17 heavy (non-hydrogen) atoms. The van der Waals surface area contributed by atoms with Crippen molar-refractivity contribution >= 4 is 0 Å². The Balaban J connectivity index is 1.79. The quantitative estimate of drug-likeness (QED) is 0.600. The predicted octanol–water partition coefficient (Wildman–Crippen LogP) is 2.93. The molecule has 0 radical (unpaired) electrons. The summed E-state index contributed by atoms with van der Waals surface area (Å²) >= 11 is 0. The highest BCUT2D eigenvalue weighted by molar-refractivity contribution is 5.36. The van der Waals surface area contributed by atoms with Crippen LogP contribution in [0.5, 0.6) is 0 Å². The molecule has 2 aliphatic carbocycles. The van der Waals surface area contributed by atoms with Gasteiger partial charge in [-0.25, -0.2) is 0 Å². The lowest BCUT2D eigenvalue weighted by Gasteiger charge is -2.54. The van der Waals surface area contributed by atoms with Gasteiger partial charge in [0.2, 0.25) is 0 Å². The van der Waals surface area contributed by atoms with Crippen LogP contribution in [0.4, 0.5) is 0 Å². The van der Waals surface area contributed by atoms with Gasteiger partial charge >= 0.3 is 0 Å². The Morgan fingerprint density at radius 3 is 2.88 bits per heavy atom. The third-order valence-corrected chi connectivity index (χ3v) is 6.12. The Morgan fingerprint density at radius 2 is 2.00 bits per heavy atom. The molecule has 5 unspecified atom stereocenters. The van der Waals surface area contributed by atoms with Crippen molar-refractivity contribution in [1.29, 1.82) is 0 Å². The predicted molar refractivity (Wildman–Crippen MR) is 65.7 cm³/mol. The molecule has 0 spiro atoms. The van der Waals surface area contributed by atoms with Gasteiger partial charge in [-0.15, -0.1) is 0 Å². The third kappa shape index (κ3) is 1.18. The Labute approximate surface area is 103 Å². The Bertz CT molecular complexity index is 386. The van der Waals surface area contributed by atoms with Crippen molar-refractivity contribution in [2.45, 2.75) is 51.7 Å². The zero-order valence-corrected chi connectivity index (χ0v) is 10.9. The molecule has 4 rings (SSSR count). The van der Waals surface area contributed by atoms with Crippen LogP contribution in [-0.4, -0.2) is 25.4 Å². The van der Waals surface area contributed by atoms with E-state index in [1.165, 1.54) is 31.3 Å². The number of fused-ring (bicyclic) bond motifs is 2. The summed E-state index contributed by atoms with van der Waals surface area (Å²) in [7, 11) is 0. The van der Waals surface area contributed by atoms with Crippen LogP contribution in [0.15, 0.2) is 11.1 Å². The van der Waals surface area contributed by atoms with Crippen molar-refractivity contribution < 1.29 is 9.47 Å². The van der Waals surface area contributed by atoms with Crippen LogP contribution in [0.3, 0.4) is 0 Å². The molecule has 2 saturated carbocycles. The molecule has 5 atom stereocenters. The monoisotopic (exact) mass is 234 g/mol. The van der Waals surface area contributed by atoms with Gasteiger partial charge in [-0.1, -0.05) is 26.7 Å². The molecule has 0 saturated heterocycles. The zero-order valence-electron chi connectivity index (χ0n) is 10.9. The number of rotatable bonds is 0. The minimum atomic E-state index is 0.374. The lowest BCUT2D eigenvalue weighted by molar-refractivity contribution is -0.119. The first-order valence-corrected chi connectivity index (χ1v) is 7.16. The summed E-state index contributed by atoms with van der Waals surface area (Å²) in [6, 6.07) is 0. The van der Waals surface area contributed by atoms with E-state index in [1.807, 2.05) is 0 Å². The highest BCUT2D eigenvalue weighted by Gasteiger charge is 2.57. The second kappa shape index (κ2) is 3.36. The van der Waals surface area contributed by atoms with Crippen LogP contribution in [0, 0.1) is 17.3 Å². The molecular weight excluding hydrogens is 212 g/mol.